The molecule has 41 heavy (non-hydrogen) atoms. The van der Waals surface area contributed by atoms with E-state index in [1.54, 1.807) is 0 Å². The van der Waals surface area contributed by atoms with Gasteiger partial charge in [-0.25, -0.2) is 0 Å². The molecule has 0 rings (SSSR count). The molecule has 0 aliphatic heterocycles. The van der Waals surface area contributed by atoms with Crippen molar-refractivity contribution in [1.82, 2.24) is 5.32 Å². The first-order valence-corrected chi connectivity index (χ1v) is 17.6. The number of unbranched alkanes of at least 4 members (excludes halogenated alkanes) is 20. The van der Waals surface area contributed by atoms with Gasteiger partial charge in [-0.2, -0.15) is 0 Å². The highest BCUT2D eigenvalue weighted by molar-refractivity contribution is 5.80. The lowest BCUT2D eigenvalue weighted by Crippen LogP contribution is -2.53. The van der Waals surface area contributed by atoms with Crippen LogP contribution < -0.4 is 5.32 Å². The van der Waals surface area contributed by atoms with Crippen molar-refractivity contribution in [3.05, 3.63) is 12.2 Å². The first-order chi connectivity index (χ1) is 20.0. The molecule has 1 amide bonds. The van der Waals surface area contributed by atoms with Gasteiger partial charge in [-0.15, -0.1) is 0 Å². The van der Waals surface area contributed by atoms with Crippen LogP contribution in [0.4, 0.5) is 0 Å². The summed E-state index contributed by atoms with van der Waals surface area (Å²) >= 11 is 0. The molecule has 6 nitrogen and oxygen atoms in total. The van der Waals surface area contributed by atoms with Crippen molar-refractivity contribution in [3.8, 4) is 0 Å². The van der Waals surface area contributed by atoms with Crippen molar-refractivity contribution in [2.75, 3.05) is 6.61 Å². The van der Waals surface area contributed by atoms with Crippen LogP contribution in [0.2, 0.25) is 0 Å². The maximum Gasteiger partial charge on any atom is 0.249 e. The number of aliphatic hydroxyl groups excluding tert-OH is 4. The minimum Gasteiger partial charge on any atom is -0.394 e. The fraction of sp³-hybridized carbons (Fsp3) is 0.914. The molecule has 0 radical (unpaired) electrons. The molecule has 0 heterocycles. The molecular formula is C35H69NO5. The van der Waals surface area contributed by atoms with E-state index in [2.05, 4.69) is 25.2 Å². The summed E-state index contributed by atoms with van der Waals surface area (Å²) in [5.74, 6) is -0.621. The molecule has 4 atom stereocenters. The Morgan fingerprint density at radius 3 is 1.46 bits per heavy atom. The Morgan fingerprint density at radius 1 is 0.585 bits per heavy atom. The molecule has 0 aromatic carbocycles. The van der Waals surface area contributed by atoms with Gasteiger partial charge in [0.15, 0.2) is 0 Å². The number of allylic oxidation sites excluding steroid dienone is 2. The number of rotatable bonds is 31. The van der Waals surface area contributed by atoms with Crippen molar-refractivity contribution in [1.29, 1.82) is 0 Å². The van der Waals surface area contributed by atoms with Gasteiger partial charge >= 0.3 is 0 Å². The quantitative estimate of drug-likeness (QED) is 0.0421. The maximum absolute atomic E-state index is 12.3. The number of aliphatic hydroxyl groups is 4. The molecule has 6 heteroatoms. The molecule has 0 spiro atoms. The Labute approximate surface area is 253 Å². The summed E-state index contributed by atoms with van der Waals surface area (Å²) in [6, 6.07) is -0.993. The third kappa shape index (κ3) is 25.3. The predicted molar refractivity (Wildman–Crippen MR) is 173 cm³/mol. The SMILES string of the molecule is CCCCCC/C=C\CCC(O)C(=O)NC(CO)C(O)C(O)CCCCCCCCCCCCCCCCCCC. The van der Waals surface area contributed by atoms with E-state index in [-0.39, 0.29) is 6.42 Å². The van der Waals surface area contributed by atoms with E-state index in [1.165, 1.54) is 109 Å². The monoisotopic (exact) mass is 584 g/mol. The molecule has 0 aromatic heterocycles. The lowest BCUT2D eigenvalue weighted by Gasteiger charge is -2.27. The summed E-state index contributed by atoms with van der Waals surface area (Å²) in [5.41, 5.74) is 0. The standard InChI is InChI=1S/C35H69NO5/c1-3-5-7-9-11-13-14-15-16-17-18-19-20-21-23-24-26-28-32(38)34(40)31(30-37)36-35(41)33(39)29-27-25-22-12-10-8-6-4-2/h22,25,31-34,37-40H,3-21,23-24,26-30H2,1-2H3,(H,36,41)/b25-22-. The van der Waals surface area contributed by atoms with Gasteiger partial charge in [-0.3, -0.25) is 4.79 Å². The first-order valence-electron chi connectivity index (χ1n) is 17.6. The molecule has 0 saturated heterocycles. The van der Waals surface area contributed by atoms with Crippen LogP contribution in [0.15, 0.2) is 12.2 Å². The highest BCUT2D eigenvalue weighted by Crippen LogP contribution is 2.16. The zero-order chi connectivity index (χ0) is 30.4. The fourth-order valence-corrected chi connectivity index (χ4v) is 5.35. The van der Waals surface area contributed by atoms with Crippen LogP contribution >= 0.6 is 0 Å². The van der Waals surface area contributed by atoms with E-state index in [1.807, 2.05) is 6.08 Å². The smallest absolute Gasteiger partial charge is 0.249 e. The molecule has 0 fully saturated rings. The van der Waals surface area contributed by atoms with E-state index in [0.717, 1.165) is 32.1 Å². The van der Waals surface area contributed by atoms with Gasteiger partial charge in [0.05, 0.1) is 18.8 Å². The highest BCUT2D eigenvalue weighted by atomic mass is 16.3. The summed E-state index contributed by atoms with van der Waals surface area (Å²) in [6.45, 7) is 3.96. The second-order valence-electron chi connectivity index (χ2n) is 12.2. The summed E-state index contributed by atoms with van der Waals surface area (Å²) < 4.78 is 0. The first kappa shape index (κ1) is 40.1. The maximum atomic E-state index is 12.3. The molecular weight excluding hydrogens is 514 g/mol. The van der Waals surface area contributed by atoms with Crippen LogP contribution in [0.25, 0.3) is 0 Å². The van der Waals surface area contributed by atoms with Crippen molar-refractivity contribution in [2.24, 2.45) is 0 Å². The Balaban J connectivity index is 3.80. The zero-order valence-corrected chi connectivity index (χ0v) is 27.0. The van der Waals surface area contributed by atoms with Crippen molar-refractivity contribution in [3.63, 3.8) is 0 Å². The van der Waals surface area contributed by atoms with Gasteiger partial charge in [0.25, 0.3) is 0 Å². The van der Waals surface area contributed by atoms with Crippen molar-refractivity contribution >= 4 is 5.91 Å². The topological polar surface area (TPSA) is 110 Å². The third-order valence-corrected chi connectivity index (χ3v) is 8.23. The number of hydrogen-bond donors (Lipinski definition) is 5. The summed E-state index contributed by atoms with van der Waals surface area (Å²) in [7, 11) is 0. The normalized spacial score (nSPS) is 14.8. The number of hydrogen-bond acceptors (Lipinski definition) is 5. The molecule has 4 unspecified atom stereocenters. The molecule has 244 valence electrons. The van der Waals surface area contributed by atoms with Crippen LogP contribution in [0.1, 0.15) is 174 Å². The average Bonchev–Trinajstić information content (AvgIpc) is 2.98. The van der Waals surface area contributed by atoms with Gasteiger partial charge in [0.2, 0.25) is 5.91 Å². The minimum atomic E-state index is -1.26. The minimum absolute atomic E-state index is 0.285. The Kier molecular flexibility index (Phi) is 29.8. The fourth-order valence-electron chi connectivity index (χ4n) is 5.35. The van der Waals surface area contributed by atoms with Gasteiger partial charge in [0, 0.05) is 0 Å². The van der Waals surface area contributed by atoms with E-state index >= 15 is 0 Å². The van der Waals surface area contributed by atoms with E-state index < -0.39 is 36.9 Å². The number of nitrogens with one attached hydrogen (secondary N) is 1. The van der Waals surface area contributed by atoms with E-state index in [9.17, 15) is 25.2 Å². The molecule has 0 bridgehead atoms. The predicted octanol–water partition coefficient (Wildman–Crippen LogP) is 7.89. The largest absolute Gasteiger partial charge is 0.394 e. The third-order valence-electron chi connectivity index (χ3n) is 8.23. The molecule has 0 aliphatic rings. The van der Waals surface area contributed by atoms with Crippen LogP contribution in [0.5, 0.6) is 0 Å². The van der Waals surface area contributed by atoms with Crippen LogP contribution in [0, 0.1) is 0 Å². The lowest BCUT2D eigenvalue weighted by molar-refractivity contribution is -0.132. The van der Waals surface area contributed by atoms with Crippen molar-refractivity contribution in [2.45, 2.75) is 199 Å². The van der Waals surface area contributed by atoms with E-state index in [4.69, 9.17) is 0 Å². The summed E-state index contributed by atoms with van der Waals surface area (Å²) in [6.07, 6.45) is 29.7. The van der Waals surface area contributed by atoms with Crippen molar-refractivity contribution < 1.29 is 25.2 Å². The second kappa shape index (κ2) is 30.5. The summed E-state index contributed by atoms with van der Waals surface area (Å²) in [5, 5.41) is 43.2. The van der Waals surface area contributed by atoms with Crippen LogP contribution in [-0.2, 0) is 4.79 Å². The molecule has 0 aromatic rings. The lowest BCUT2D eigenvalue weighted by atomic mass is 9.99. The average molecular weight is 584 g/mol. The number of carbonyl (C=O) groups excluding carboxylic acids is 1. The molecule has 0 aliphatic carbocycles. The second-order valence-corrected chi connectivity index (χ2v) is 12.2. The Morgan fingerprint density at radius 2 is 1.00 bits per heavy atom. The molecule has 5 N–H and O–H groups in total. The van der Waals surface area contributed by atoms with Gasteiger partial charge < -0.3 is 25.7 Å². The Bertz CT molecular complexity index is 585. The van der Waals surface area contributed by atoms with E-state index in [0.29, 0.717) is 12.8 Å². The van der Waals surface area contributed by atoms with Gasteiger partial charge in [-0.1, -0.05) is 154 Å². The Hall–Kier alpha value is -0.950. The van der Waals surface area contributed by atoms with Crippen LogP contribution in [0.3, 0.4) is 0 Å². The van der Waals surface area contributed by atoms with Gasteiger partial charge in [0.1, 0.15) is 12.2 Å². The number of amides is 1. The molecule has 0 saturated carbocycles. The van der Waals surface area contributed by atoms with Gasteiger partial charge in [-0.05, 0) is 32.1 Å². The zero-order valence-electron chi connectivity index (χ0n) is 27.0. The number of carbonyl (C=O) groups is 1. The highest BCUT2D eigenvalue weighted by Gasteiger charge is 2.28. The summed E-state index contributed by atoms with van der Waals surface area (Å²) in [4.78, 5) is 12.3. The van der Waals surface area contributed by atoms with Crippen LogP contribution in [-0.4, -0.2) is 57.3 Å².